The smallest absolute Gasteiger partial charge is 0.192 e. The molecule has 0 aliphatic rings. The Morgan fingerprint density at radius 2 is 1.67 bits per heavy atom. The summed E-state index contributed by atoms with van der Waals surface area (Å²) in [5.41, 5.74) is 1.17. The fourth-order valence-corrected chi connectivity index (χ4v) is 1.56. The Kier molecular flexibility index (Phi) is 5.53. The van der Waals surface area contributed by atoms with E-state index in [1.54, 1.807) is 22.6 Å². The zero-order valence-electron chi connectivity index (χ0n) is 8.41. The average molecular weight is 316 g/mol. The highest BCUT2D eigenvalue weighted by Crippen LogP contribution is 2.06. The minimum Gasteiger partial charge on any atom is -0.300 e. The molecule has 0 aliphatic heterocycles. The Bertz CT molecular complexity index is 333. The van der Waals surface area contributed by atoms with Gasteiger partial charge in [-0.1, -0.05) is 30.3 Å². The van der Waals surface area contributed by atoms with Gasteiger partial charge in [-0.05, 0) is 34.6 Å². The molecule has 0 bridgehead atoms. The number of halogens is 1. The Hall–Kier alpha value is -0.710. The second-order valence-corrected chi connectivity index (χ2v) is 4.58. The fourth-order valence-electron chi connectivity index (χ4n) is 1.29. The lowest BCUT2D eigenvalue weighted by molar-refractivity contribution is -0.121. The molecule has 0 amide bonds. The summed E-state index contributed by atoms with van der Waals surface area (Å²) in [6.45, 7) is 0. The minimum absolute atomic E-state index is 0.0562. The minimum atomic E-state index is 0.0562. The van der Waals surface area contributed by atoms with Crippen molar-refractivity contribution in [2.45, 2.75) is 25.7 Å². The van der Waals surface area contributed by atoms with Crippen LogP contribution in [0.15, 0.2) is 30.3 Å². The van der Waals surface area contributed by atoms with Crippen LogP contribution < -0.4 is 0 Å². The average Bonchev–Trinajstić information content (AvgIpc) is 2.25. The summed E-state index contributed by atoms with van der Waals surface area (Å²) in [5, 5.41) is 0. The third kappa shape index (κ3) is 5.67. The number of aryl methyl sites for hydroxylation is 1. The van der Waals surface area contributed by atoms with Crippen LogP contribution in [-0.2, 0) is 16.0 Å². The summed E-state index contributed by atoms with van der Waals surface area (Å²) in [7, 11) is 0. The van der Waals surface area contributed by atoms with E-state index >= 15 is 0 Å². The molecule has 0 fully saturated rings. The van der Waals surface area contributed by atoms with Crippen molar-refractivity contribution in [3.05, 3.63) is 35.9 Å². The van der Waals surface area contributed by atoms with E-state index in [2.05, 4.69) is 0 Å². The first-order chi connectivity index (χ1) is 7.18. The third-order valence-corrected chi connectivity index (χ3v) is 2.68. The molecule has 0 spiro atoms. The van der Waals surface area contributed by atoms with Crippen molar-refractivity contribution in [1.82, 2.24) is 0 Å². The van der Waals surface area contributed by atoms with Crippen molar-refractivity contribution in [2.75, 3.05) is 0 Å². The van der Waals surface area contributed by atoms with E-state index in [0.29, 0.717) is 19.3 Å². The Balaban J connectivity index is 2.26. The summed E-state index contributed by atoms with van der Waals surface area (Å²) >= 11 is 1.72. The third-order valence-electron chi connectivity index (χ3n) is 2.14. The normalized spacial score (nSPS) is 9.93. The van der Waals surface area contributed by atoms with Crippen LogP contribution in [0, 0.1) is 0 Å². The maximum atomic E-state index is 11.4. The first-order valence-corrected chi connectivity index (χ1v) is 6.00. The van der Waals surface area contributed by atoms with E-state index in [4.69, 9.17) is 0 Å². The van der Waals surface area contributed by atoms with Crippen LogP contribution in [0.1, 0.15) is 24.8 Å². The van der Waals surface area contributed by atoms with Crippen LogP contribution in [0.3, 0.4) is 0 Å². The zero-order valence-corrected chi connectivity index (χ0v) is 10.6. The number of carbonyl (C=O) groups excluding carboxylic acids is 2. The van der Waals surface area contributed by atoms with Crippen molar-refractivity contribution in [1.29, 1.82) is 0 Å². The van der Waals surface area contributed by atoms with Crippen LogP contribution in [0.25, 0.3) is 0 Å². The Morgan fingerprint density at radius 1 is 1.00 bits per heavy atom. The van der Waals surface area contributed by atoms with E-state index in [1.165, 1.54) is 5.56 Å². The number of hydrogen-bond acceptors (Lipinski definition) is 2. The van der Waals surface area contributed by atoms with Gasteiger partial charge < -0.3 is 0 Å². The number of ketones is 1. The molecule has 0 heterocycles. The molecule has 0 saturated heterocycles. The quantitative estimate of drug-likeness (QED) is 0.597. The van der Waals surface area contributed by atoms with Crippen molar-refractivity contribution in [3.8, 4) is 0 Å². The summed E-state index contributed by atoms with van der Waals surface area (Å²) in [5.74, 6) is 0.170. The maximum absolute atomic E-state index is 11.4. The molecule has 2 nitrogen and oxygen atoms in total. The molecular weight excluding hydrogens is 303 g/mol. The van der Waals surface area contributed by atoms with Crippen LogP contribution in [0.4, 0.5) is 0 Å². The number of benzene rings is 1. The van der Waals surface area contributed by atoms with Crippen molar-refractivity contribution in [3.63, 3.8) is 0 Å². The Morgan fingerprint density at radius 3 is 2.27 bits per heavy atom. The van der Waals surface area contributed by atoms with Gasteiger partial charge in [-0.2, -0.15) is 0 Å². The van der Waals surface area contributed by atoms with Gasteiger partial charge in [0.05, 0.1) is 0 Å². The highest BCUT2D eigenvalue weighted by atomic mass is 127. The van der Waals surface area contributed by atoms with Crippen LogP contribution >= 0.6 is 22.6 Å². The number of hydrogen-bond donors (Lipinski definition) is 0. The van der Waals surface area contributed by atoms with Crippen LogP contribution in [0.5, 0.6) is 0 Å². The van der Waals surface area contributed by atoms with Gasteiger partial charge in [0.15, 0.2) is 3.79 Å². The van der Waals surface area contributed by atoms with E-state index in [1.807, 2.05) is 30.3 Å². The summed E-state index contributed by atoms with van der Waals surface area (Å²) in [4.78, 5) is 22.0. The fraction of sp³-hybridized carbons (Fsp3) is 0.333. The molecule has 1 aromatic carbocycles. The van der Waals surface area contributed by atoms with E-state index < -0.39 is 0 Å². The van der Waals surface area contributed by atoms with Gasteiger partial charge in [0.25, 0.3) is 0 Å². The molecule has 0 aliphatic carbocycles. The highest BCUT2D eigenvalue weighted by molar-refractivity contribution is 14.1. The molecule has 1 rings (SSSR count). The predicted octanol–water partition coefficient (Wildman–Crippen LogP) is 2.93. The maximum Gasteiger partial charge on any atom is 0.192 e. The molecule has 3 heteroatoms. The van der Waals surface area contributed by atoms with Gasteiger partial charge in [-0.3, -0.25) is 9.59 Å². The van der Waals surface area contributed by atoms with Crippen molar-refractivity contribution < 1.29 is 9.59 Å². The van der Waals surface area contributed by atoms with E-state index in [-0.39, 0.29) is 9.57 Å². The van der Waals surface area contributed by atoms with Gasteiger partial charge in [0, 0.05) is 19.3 Å². The highest BCUT2D eigenvalue weighted by Gasteiger charge is 2.04. The topological polar surface area (TPSA) is 34.1 Å². The number of rotatable bonds is 6. The molecular formula is C12H13IO2. The molecule has 0 radical (unpaired) electrons. The molecule has 0 unspecified atom stereocenters. The SMILES string of the molecule is O=C(I)CCC(=O)CCc1ccccc1. The second-order valence-electron chi connectivity index (χ2n) is 3.38. The number of carbonyl (C=O) groups is 2. The lowest BCUT2D eigenvalue weighted by Gasteiger charge is -1.99. The zero-order chi connectivity index (χ0) is 11.1. The van der Waals surface area contributed by atoms with E-state index in [9.17, 15) is 9.59 Å². The molecule has 0 saturated carbocycles. The molecule has 1 aromatic rings. The monoisotopic (exact) mass is 316 g/mol. The summed E-state index contributed by atoms with van der Waals surface area (Å²) in [6, 6.07) is 9.91. The molecule has 0 N–H and O–H groups in total. The molecule has 80 valence electrons. The molecule has 0 aromatic heterocycles. The van der Waals surface area contributed by atoms with Crippen molar-refractivity contribution in [2.24, 2.45) is 0 Å². The van der Waals surface area contributed by atoms with Gasteiger partial charge in [0.1, 0.15) is 5.78 Å². The Labute approximate surface area is 103 Å². The van der Waals surface area contributed by atoms with Gasteiger partial charge in [0.2, 0.25) is 0 Å². The number of Topliss-reactive ketones (excluding diaryl/α,β-unsaturated/α-hetero) is 1. The lowest BCUT2D eigenvalue weighted by Crippen LogP contribution is -2.01. The van der Waals surface area contributed by atoms with Gasteiger partial charge in [-0.25, -0.2) is 0 Å². The first-order valence-electron chi connectivity index (χ1n) is 4.92. The standard InChI is InChI=1S/C12H13IO2/c13-12(15)9-8-11(14)7-6-10-4-2-1-3-5-10/h1-5H,6-9H2. The predicted molar refractivity (Wildman–Crippen MR) is 68.0 cm³/mol. The molecule has 15 heavy (non-hydrogen) atoms. The second kappa shape index (κ2) is 6.71. The van der Waals surface area contributed by atoms with Crippen LogP contribution in [-0.4, -0.2) is 9.57 Å². The first kappa shape index (κ1) is 12.4. The largest absolute Gasteiger partial charge is 0.300 e. The van der Waals surface area contributed by atoms with E-state index in [0.717, 1.165) is 6.42 Å². The van der Waals surface area contributed by atoms with Gasteiger partial charge >= 0.3 is 0 Å². The van der Waals surface area contributed by atoms with Gasteiger partial charge in [-0.15, -0.1) is 0 Å². The summed E-state index contributed by atoms with van der Waals surface area (Å²) < 4.78 is 0.0562. The lowest BCUT2D eigenvalue weighted by atomic mass is 10.1. The molecule has 0 atom stereocenters. The summed E-state index contributed by atoms with van der Waals surface area (Å²) in [6.07, 6.45) is 2.06. The van der Waals surface area contributed by atoms with Crippen molar-refractivity contribution >= 4 is 32.2 Å². The van der Waals surface area contributed by atoms with Crippen LogP contribution in [0.2, 0.25) is 0 Å².